The van der Waals surface area contributed by atoms with Crippen molar-refractivity contribution in [1.82, 2.24) is 10.2 Å². The van der Waals surface area contributed by atoms with Crippen molar-refractivity contribution < 1.29 is 9.90 Å². The van der Waals surface area contributed by atoms with E-state index in [2.05, 4.69) is 5.32 Å². The molecule has 1 heterocycles. The second kappa shape index (κ2) is 5.32. The fourth-order valence-corrected chi connectivity index (χ4v) is 1.77. The van der Waals surface area contributed by atoms with Crippen molar-refractivity contribution in [2.24, 2.45) is 0 Å². The van der Waals surface area contributed by atoms with Crippen LogP contribution in [0.1, 0.15) is 26.2 Å². The lowest BCUT2D eigenvalue weighted by Crippen LogP contribution is -2.47. The van der Waals surface area contributed by atoms with Gasteiger partial charge in [0.15, 0.2) is 0 Å². The van der Waals surface area contributed by atoms with Gasteiger partial charge in [0.05, 0.1) is 0 Å². The van der Waals surface area contributed by atoms with Gasteiger partial charge in [-0.3, -0.25) is 4.79 Å². The average molecular weight is 200 g/mol. The van der Waals surface area contributed by atoms with E-state index in [-0.39, 0.29) is 5.91 Å². The van der Waals surface area contributed by atoms with Crippen molar-refractivity contribution in [3.8, 4) is 0 Å². The van der Waals surface area contributed by atoms with Gasteiger partial charge in [-0.15, -0.1) is 0 Å². The molecule has 1 aliphatic heterocycles. The zero-order valence-electron chi connectivity index (χ0n) is 8.99. The van der Waals surface area contributed by atoms with Gasteiger partial charge in [-0.2, -0.15) is 0 Å². The summed E-state index contributed by atoms with van der Waals surface area (Å²) in [5, 5.41) is 12.6. The maximum absolute atomic E-state index is 11.6. The van der Waals surface area contributed by atoms with Gasteiger partial charge in [0, 0.05) is 19.1 Å². The monoisotopic (exact) mass is 200 g/mol. The van der Waals surface area contributed by atoms with Crippen molar-refractivity contribution in [2.75, 3.05) is 20.1 Å². The normalized spacial score (nSPS) is 20.9. The molecule has 2 N–H and O–H groups in total. The molecule has 0 bridgehead atoms. The molecular formula is C10H20N2O2. The second-order valence-corrected chi connectivity index (χ2v) is 3.81. The third-order valence-electron chi connectivity index (χ3n) is 2.89. The molecule has 82 valence electrons. The average Bonchev–Trinajstić information content (AvgIpc) is 2.27. The first kappa shape index (κ1) is 11.5. The SMILES string of the molecule is CC[C@H](O)C(=O)N1CCC(NC)CC1. The number of hydrogen-bond acceptors (Lipinski definition) is 3. The zero-order valence-corrected chi connectivity index (χ0v) is 8.99. The molecule has 4 heteroatoms. The van der Waals surface area contributed by atoms with Gasteiger partial charge in [0.1, 0.15) is 6.10 Å². The Morgan fingerprint density at radius 1 is 1.57 bits per heavy atom. The van der Waals surface area contributed by atoms with Crippen LogP contribution in [0, 0.1) is 0 Å². The van der Waals surface area contributed by atoms with Crippen LogP contribution in [0.5, 0.6) is 0 Å². The Labute approximate surface area is 85.3 Å². The van der Waals surface area contributed by atoms with Gasteiger partial charge in [-0.1, -0.05) is 6.92 Å². The molecule has 0 aromatic rings. The number of amides is 1. The number of piperidine rings is 1. The van der Waals surface area contributed by atoms with E-state index in [1.54, 1.807) is 4.90 Å². The first-order chi connectivity index (χ1) is 6.69. The van der Waals surface area contributed by atoms with E-state index in [4.69, 9.17) is 0 Å². The highest BCUT2D eigenvalue weighted by Gasteiger charge is 2.25. The van der Waals surface area contributed by atoms with Gasteiger partial charge in [0.2, 0.25) is 0 Å². The number of hydrogen-bond donors (Lipinski definition) is 2. The third kappa shape index (κ3) is 2.69. The van der Waals surface area contributed by atoms with Crippen LogP contribution in [-0.2, 0) is 4.79 Å². The van der Waals surface area contributed by atoms with E-state index in [1.807, 2.05) is 14.0 Å². The van der Waals surface area contributed by atoms with E-state index in [1.165, 1.54) is 0 Å². The first-order valence-electron chi connectivity index (χ1n) is 5.33. The number of aliphatic hydroxyl groups excluding tert-OH is 1. The number of nitrogens with zero attached hydrogens (tertiary/aromatic N) is 1. The van der Waals surface area contributed by atoms with Crippen LogP contribution < -0.4 is 5.32 Å². The molecule has 0 saturated carbocycles. The Balaban J connectivity index is 2.37. The minimum atomic E-state index is -0.805. The lowest BCUT2D eigenvalue weighted by atomic mass is 10.0. The minimum absolute atomic E-state index is 0.109. The smallest absolute Gasteiger partial charge is 0.251 e. The van der Waals surface area contributed by atoms with Gasteiger partial charge >= 0.3 is 0 Å². The summed E-state index contributed by atoms with van der Waals surface area (Å²) < 4.78 is 0. The number of aliphatic hydroxyl groups is 1. The van der Waals surface area contributed by atoms with E-state index < -0.39 is 6.10 Å². The molecular weight excluding hydrogens is 180 g/mol. The second-order valence-electron chi connectivity index (χ2n) is 3.81. The number of likely N-dealkylation sites (tertiary alicyclic amines) is 1. The number of rotatable bonds is 3. The van der Waals surface area contributed by atoms with E-state index in [0.29, 0.717) is 12.5 Å². The fourth-order valence-electron chi connectivity index (χ4n) is 1.77. The summed E-state index contributed by atoms with van der Waals surface area (Å²) in [5.74, 6) is -0.109. The molecule has 0 radical (unpaired) electrons. The molecule has 1 atom stereocenters. The van der Waals surface area contributed by atoms with Crippen LogP contribution in [0.2, 0.25) is 0 Å². The summed E-state index contributed by atoms with van der Waals surface area (Å²) in [6.45, 7) is 3.35. The Morgan fingerprint density at radius 3 is 2.57 bits per heavy atom. The van der Waals surface area contributed by atoms with Crippen molar-refractivity contribution in [3.05, 3.63) is 0 Å². The van der Waals surface area contributed by atoms with Crippen LogP contribution in [0.4, 0.5) is 0 Å². The van der Waals surface area contributed by atoms with Crippen LogP contribution in [0.3, 0.4) is 0 Å². The number of nitrogens with one attached hydrogen (secondary N) is 1. The molecule has 4 nitrogen and oxygen atoms in total. The first-order valence-corrected chi connectivity index (χ1v) is 5.33. The molecule has 1 saturated heterocycles. The molecule has 1 amide bonds. The standard InChI is InChI=1S/C10H20N2O2/c1-3-9(13)10(14)12-6-4-8(11-2)5-7-12/h8-9,11,13H,3-7H2,1-2H3/t9-/m0/s1. The highest BCUT2D eigenvalue weighted by molar-refractivity contribution is 5.80. The molecule has 0 spiro atoms. The largest absolute Gasteiger partial charge is 0.383 e. The van der Waals surface area contributed by atoms with E-state index >= 15 is 0 Å². The van der Waals surface area contributed by atoms with Crippen LogP contribution in [0.15, 0.2) is 0 Å². The fraction of sp³-hybridized carbons (Fsp3) is 0.900. The Kier molecular flexibility index (Phi) is 4.35. The molecule has 1 aliphatic rings. The van der Waals surface area contributed by atoms with Crippen molar-refractivity contribution in [2.45, 2.75) is 38.3 Å². The summed E-state index contributed by atoms with van der Waals surface area (Å²) in [5.41, 5.74) is 0. The number of carbonyl (C=O) groups excluding carboxylic acids is 1. The van der Waals surface area contributed by atoms with Crippen LogP contribution >= 0.6 is 0 Å². The predicted molar refractivity (Wildman–Crippen MR) is 55.0 cm³/mol. The quantitative estimate of drug-likeness (QED) is 0.672. The van der Waals surface area contributed by atoms with Crippen LogP contribution in [-0.4, -0.2) is 48.2 Å². The van der Waals surface area contributed by atoms with Crippen molar-refractivity contribution >= 4 is 5.91 Å². The topological polar surface area (TPSA) is 52.6 Å². The molecule has 1 fully saturated rings. The number of carbonyl (C=O) groups is 1. The summed E-state index contributed by atoms with van der Waals surface area (Å²) in [6, 6.07) is 0.526. The van der Waals surface area contributed by atoms with Gasteiger partial charge < -0.3 is 15.3 Å². The highest BCUT2D eigenvalue weighted by Crippen LogP contribution is 2.11. The van der Waals surface area contributed by atoms with Gasteiger partial charge in [-0.05, 0) is 26.3 Å². The minimum Gasteiger partial charge on any atom is -0.383 e. The molecule has 14 heavy (non-hydrogen) atoms. The van der Waals surface area contributed by atoms with Crippen molar-refractivity contribution in [3.63, 3.8) is 0 Å². The van der Waals surface area contributed by atoms with Crippen molar-refractivity contribution in [1.29, 1.82) is 0 Å². The molecule has 1 rings (SSSR count). The summed E-state index contributed by atoms with van der Waals surface area (Å²) in [7, 11) is 1.95. The summed E-state index contributed by atoms with van der Waals surface area (Å²) in [6.07, 6.45) is 1.67. The molecule has 0 unspecified atom stereocenters. The maximum Gasteiger partial charge on any atom is 0.251 e. The molecule has 0 aromatic heterocycles. The Hall–Kier alpha value is -0.610. The maximum atomic E-state index is 11.6. The summed E-state index contributed by atoms with van der Waals surface area (Å²) >= 11 is 0. The third-order valence-corrected chi connectivity index (χ3v) is 2.89. The predicted octanol–water partition coefficient (Wildman–Crippen LogP) is -0.0323. The Bertz CT molecular complexity index is 189. The van der Waals surface area contributed by atoms with Crippen LogP contribution in [0.25, 0.3) is 0 Å². The summed E-state index contributed by atoms with van der Waals surface area (Å²) in [4.78, 5) is 13.3. The molecule has 0 aromatic carbocycles. The molecule has 0 aliphatic carbocycles. The lowest BCUT2D eigenvalue weighted by molar-refractivity contribution is -0.141. The van der Waals surface area contributed by atoms with Gasteiger partial charge in [0.25, 0.3) is 5.91 Å². The Morgan fingerprint density at radius 2 is 2.14 bits per heavy atom. The lowest BCUT2D eigenvalue weighted by Gasteiger charge is -2.32. The van der Waals surface area contributed by atoms with E-state index in [0.717, 1.165) is 25.9 Å². The zero-order chi connectivity index (χ0) is 10.6. The van der Waals surface area contributed by atoms with Gasteiger partial charge in [-0.25, -0.2) is 0 Å². The van der Waals surface area contributed by atoms with E-state index in [9.17, 15) is 9.90 Å². The highest BCUT2D eigenvalue weighted by atomic mass is 16.3.